The zero-order chi connectivity index (χ0) is 12.5. The molecule has 1 aromatic rings. The van der Waals surface area contributed by atoms with Gasteiger partial charge in [0.25, 0.3) is 0 Å². The number of carboxylic acids is 1. The maximum Gasteiger partial charge on any atom is 0.335 e. The van der Waals surface area contributed by atoms with Gasteiger partial charge >= 0.3 is 5.97 Å². The Hall–Kier alpha value is -1.44. The molecule has 0 aromatic heterocycles. The summed E-state index contributed by atoms with van der Waals surface area (Å²) in [5, 5.41) is 8.71. The molecule has 1 aromatic carbocycles. The Kier molecular flexibility index (Phi) is 3.14. The van der Waals surface area contributed by atoms with Crippen molar-refractivity contribution in [3.8, 4) is 0 Å². The van der Waals surface area contributed by atoms with E-state index in [0.717, 1.165) is 0 Å². The maximum atomic E-state index is 12.0. The van der Waals surface area contributed by atoms with Crippen LogP contribution in [0.15, 0.2) is 29.2 Å². The van der Waals surface area contributed by atoms with Gasteiger partial charge in [0.05, 0.1) is 17.1 Å². The number of ether oxygens (including phenoxy) is 1. The summed E-state index contributed by atoms with van der Waals surface area (Å²) in [4.78, 5) is 10.7. The highest BCUT2D eigenvalue weighted by atomic mass is 32.2. The molecule has 1 fully saturated rings. The van der Waals surface area contributed by atoms with Gasteiger partial charge in [-0.3, -0.25) is 0 Å². The van der Waals surface area contributed by atoms with Crippen molar-refractivity contribution in [2.45, 2.75) is 4.90 Å². The molecule has 7 heteroatoms. The van der Waals surface area contributed by atoms with Crippen molar-refractivity contribution in [2.75, 3.05) is 19.9 Å². The second-order valence-electron chi connectivity index (χ2n) is 3.55. The SMILES string of the molecule is O=C(O)c1ccc(S(=O)(=O)N2CCOC2)cc1. The van der Waals surface area contributed by atoms with Crippen molar-refractivity contribution in [1.82, 2.24) is 4.31 Å². The first-order valence-electron chi connectivity index (χ1n) is 4.93. The van der Waals surface area contributed by atoms with Gasteiger partial charge in [-0.15, -0.1) is 0 Å². The first-order valence-corrected chi connectivity index (χ1v) is 6.37. The van der Waals surface area contributed by atoms with Gasteiger partial charge in [0.1, 0.15) is 6.73 Å². The summed E-state index contributed by atoms with van der Waals surface area (Å²) in [6.45, 7) is 0.748. The lowest BCUT2D eigenvalue weighted by molar-refractivity contribution is 0.0696. The van der Waals surface area contributed by atoms with Crippen LogP contribution in [0.1, 0.15) is 10.4 Å². The fourth-order valence-corrected chi connectivity index (χ4v) is 2.81. The molecule has 0 radical (unpaired) electrons. The van der Waals surface area contributed by atoms with Crippen LogP contribution >= 0.6 is 0 Å². The molecule has 1 aliphatic rings. The summed E-state index contributed by atoms with van der Waals surface area (Å²) in [5.74, 6) is -1.08. The molecule has 0 aliphatic carbocycles. The van der Waals surface area contributed by atoms with Crippen molar-refractivity contribution >= 4 is 16.0 Å². The molecular formula is C10H11NO5S. The van der Waals surface area contributed by atoms with E-state index in [1.54, 1.807) is 0 Å². The van der Waals surface area contributed by atoms with E-state index < -0.39 is 16.0 Å². The predicted octanol–water partition coefficient (Wildman–Crippen LogP) is 0.363. The Morgan fingerprint density at radius 2 is 1.94 bits per heavy atom. The molecule has 0 saturated carbocycles. The minimum Gasteiger partial charge on any atom is -0.478 e. The summed E-state index contributed by atoms with van der Waals surface area (Å²) in [5.41, 5.74) is 0.0571. The Morgan fingerprint density at radius 3 is 2.41 bits per heavy atom. The van der Waals surface area contributed by atoms with Crippen LogP contribution in [-0.2, 0) is 14.8 Å². The van der Waals surface area contributed by atoms with E-state index >= 15 is 0 Å². The highest BCUT2D eigenvalue weighted by Crippen LogP contribution is 2.18. The molecule has 0 atom stereocenters. The molecule has 0 unspecified atom stereocenters. The summed E-state index contributed by atoms with van der Waals surface area (Å²) in [6, 6.07) is 5.12. The fourth-order valence-electron chi connectivity index (χ4n) is 1.51. The summed E-state index contributed by atoms with van der Waals surface area (Å²) < 4.78 is 30.2. The molecule has 2 rings (SSSR count). The highest BCUT2D eigenvalue weighted by Gasteiger charge is 2.27. The van der Waals surface area contributed by atoms with Gasteiger partial charge in [-0.1, -0.05) is 0 Å². The second-order valence-corrected chi connectivity index (χ2v) is 5.49. The average molecular weight is 257 g/mol. The van der Waals surface area contributed by atoms with Gasteiger partial charge in [0.2, 0.25) is 10.0 Å². The molecule has 6 nitrogen and oxygen atoms in total. The van der Waals surface area contributed by atoms with Crippen LogP contribution < -0.4 is 0 Å². The average Bonchev–Trinajstić information content (AvgIpc) is 2.83. The predicted molar refractivity (Wildman–Crippen MR) is 58.1 cm³/mol. The third kappa shape index (κ3) is 2.31. The Balaban J connectivity index is 2.30. The minimum absolute atomic E-state index is 0.0447. The van der Waals surface area contributed by atoms with Crippen LogP contribution in [0.2, 0.25) is 0 Å². The Morgan fingerprint density at radius 1 is 1.29 bits per heavy atom. The van der Waals surface area contributed by atoms with Crippen molar-refractivity contribution < 1.29 is 23.1 Å². The molecule has 92 valence electrons. The maximum absolute atomic E-state index is 12.0. The van der Waals surface area contributed by atoms with E-state index in [1.165, 1.54) is 28.6 Å². The van der Waals surface area contributed by atoms with Crippen LogP contribution in [-0.4, -0.2) is 43.7 Å². The van der Waals surface area contributed by atoms with E-state index in [1.807, 2.05) is 0 Å². The van der Waals surface area contributed by atoms with Crippen LogP contribution in [0.5, 0.6) is 0 Å². The lowest BCUT2D eigenvalue weighted by atomic mass is 10.2. The van der Waals surface area contributed by atoms with Gasteiger partial charge < -0.3 is 9.84 Å². The molecule has 1 saturated heterocycles. The lowest BCUT2D eigenvalue weighted by Gasteiger charge is -2.13. The zero-order valence-corrected chi connectivity index (χ0v) is 9.68. The first-order chi connectivity index (χ1) is 8.01. The molecule has 1 heterocycles. The number of carboxylic acid groups (broad SMARTS) is 1. The number of aromatic carboxylic acids is 1. The van der Waals surface area contributed by atoms with Crippen molar-refractivity contribution in [3.05, 3.63) is 29.8 Å². The largest absolute Gasteiger partial charge is 0.478 e. The number of sulfonamides is 1. The summed E-state index contributed by atoms with van der Waals surface area (Å²) in [6.07, 6.45) is 0. The fraction of sp³-hybridized carbons (Fsp3) is 0.300. The van der Waals surface area contributed by atoms with Crippen molar-refractivity contribution in [1.29, 1.82) is 0 Å². The van der Waals surface area contributed by atoms with Crippen molar-refractivity contribution in [3.63, 3.8) is 0 Å². The van der Waals surface area contributed by atoms with Crippen LogP contribution in [0.4, 0.5) is 0 Å². The smallest absolute Gasteiger partial charge is 0.335 e. The molecule has 1 N–H and O–H groups in total. The monoisotopic (exact) mass is 257 g/mol. The quantitative estimate of drug-likeness (QED) is 0.845. The molecular weight excluding hydrogens is 246 g/mol. The second kappa shape index (κ2) is 4.44. The molecule has 0 spiro atoms. The van der Waals surface area contributed by atoms with E-state index in [9.17, 15) is 13.2 Å². The van der Waals surface area contributed by atoms with E-state index in [0.29, 0.717) is 13.2 Å². The normalized spacial score (nSPS) is 17.2. The highest BCUT2D eigenvalue weighted by molar-refractivity contribution is 7.89. The number of hydrogen-bond donors (Lipinski definition) is 1. The third-order valence-electron chi connectivity index (χ3n) is 2.46. The van der Waals surface area contributed by atoms with Crippen molar-refractivity contribution in [2.24, 2.45) is 0 Å². The van der Waals surface area contributed by atoms with Gasteiger partial charge in [-0.2, -0.15) is 4.31 Å². The van der Waals surface area contributed by atoms with E-state index in [2.05, 4.69) is 0 Å². The van der Waals surface area contributed by atoms with Crippen LogP contribution in [0.25, 0.3) is 0 Å². The molecule has 0 bridgehead atoms. The van der Waals surface area contributed by atoms with E-state index in [-0.39, 0.29) is 17.2 Å². The number of rotatable bonds is 3. The lowest BCUT2D eigenvalue weighted by Crippen LogP contribution is -2.28. The van der Waals surface area contributed by atoms with Crippen LogP contribution in [0, 0.1) is 0 Å². The third-order valence-corrected chi connectivity index (χ3v) is 4.30. The number of benzene rings is 1. The zero-order valence-electron chi connectivity index (χ0n) is 8.87. The minimum atomic E-state index is -3.57. The van der Waals surface area contributed by atoms with Gasteiger partial charge in [0, 0.05) is 6.54 Å². The Bertz CT molecular complexity index is 516. The molecule has 1 aliphatic heterocycles. The number of carbonyl (C=O) groups is 1. The van der Waals surface area contributed by atoms with Gasteiger partial charge in [0.15, 0.2) is 0 Å². The summed E-state index contributed by atoms with van der Waals surface area (Å²) >= 11 is 0. The van der Waals surface area contributed by atoms with Gasteiger partial charge in [-0.05, 0) is 24.3 Å². The Labute approximate surface area is 98.5 Å². The standard InChI is InChI=1S/C10H11NO5S/c12-10(13)8-1-3-9(4-2-8)17(14,15)11-5-6-16-7-11/h1-4H,5-7H2,(H,12,13). The topological polar surface area (TPSA) is 83.9 Å². The van der Waals surface area contributed by atoms with Crippen LogP contribution in [0.3, 0.4) is 0 Å². The number of hydrogen-bond acceptors (Lipinski definition) is 4. The number of nitrogens with zero attached hydrogens (tertiary/aromatic N) is 1. The molecule has 17 heavy (non-hydrogen) atoms. The van der Waals surface area contributed by atoms with E-state index in [4.69, 9.17) is 9.84 Å². The molecule has 0 amide bonds. The summed E-state index contributed by atoms with van der Waals surface area (Å²) in [7, 11) is -3.57. The van der Waals surface area contributed by atoms with Gasteiger partial charge in [-0.25, -0.2) is 13.2 Å². The first kappa shape index (κ1) is 12.0.